The molecule has 26 heavy (non-hydrogen) atoms. The van der Waals surface area contributed by atoms with Crippen molar-refractivity contribution in [3.05, 3.63) is 47.3 Å². The molecule has 0 fully saturated rings. The Labute approximate surface area is 153 Å². The van der Waals surface area contributed by atoms with E-state index in [0.717, 1.165) is 68.2 Å². The number of aliphatic hydroxyl groups is 1. The summed E-state index contributed by atoms with van der Waals surface area (Å²) in [6.45, 7) is 2.10. The van der Waals surface area contributed by atoms with Gasteiger partial charge in [-0.05, 0) is 37.1 Å². The van der Waals surface area contributed by atoms with Crippen LogP contribution in [0.4, 0.5) is 0 Å². The fourth-order valence-corrected chi connectivity index (χ4v) is 2.87. The molecule has 2 heterocycles. The lowest BCUT2D eigenvalue weighted by atomic mass is 10.1. The van der Waals surface area contributed by atoms with E-state index in [0.29, 0.717) is 12.3 Å². The summed E-state index contributed by atoms with van der Waals surface area (Å²) in [4.78, 5) is 4.30. The van der Waals surface area contributed by atoms with Gasteiger partial charge in [0.25, 0.3) is 0 Å². The van der Waals surface area contributed by atoms with Crippen LogP contribution in [0, 0.1) is 0 Å². The molecule has 0 unspecified atom stereocenters. The number of rotatable bonds is 11. The van der Waals surface area contributed by atoms with E-state index in [1.54, 1.807) is 0 Å². The van der Waals surface area contributed by atoms with Crippen molar-refractivity contribution in [3.63, 3.8) is 0 Å². The molecular formula is C20H26N2O4. The molecule has 1 aromatic heterocycles. The van der Waals surface area contributed by atoms with Crippen molar-refractivity contribution in [2.45, 2.75) is 45.1 Å². The minimum absolute atomic E-state index is 0.0608. The van der Waals surface area contributed by atoms with E-state index >= 15 is 0 Å². The van der Waals surface area contributed by atoms with E-state index in [2.05, 4.69) is 10.1 Å². The van der Waals surface area contributed by atoms with Gasteiger partial charge in [0, 0.05) is 18.1 Å². The van der Waals surface area contributed by atoms with Crippen LogP contribution in [0.5, 0.6) is 5.75 Å². The minimum Gasteiger partial charge on any atom is -0.494 e. The molecule has 0 saturated heterocycles. The van der Waals surface area contributed by atoms with Gasteiger partial charge in [-0.15, -0.1) is 0 Å². The van der Waals surface area contributed by atoms with E-state index in [-0.39, 0.29) is 6.61 Å². The van der Waals surface area contributed by atoms with Crippen molar-refractivity contribution >= 4 is 5.90 Å². The van der Waals surface area contributed by atoms with Crippen LogP contribution in [0.25, 0.3) is 0 Å². The Morgan fingerprint density at radius 3 is 2.58 bits per heavy atom. The molecule has 2 aromatic rings. The van der Waals surface area contributed by atoms with Gasteiger partial charge in [0.1, 0.15) is 23.8 Å². The molecule has 0 atom stereocenters. The van der Waals surface area contributed by atoms with Crippen molar-refractivity contribution in [2.75, 3.05) is 19.8 Å². The third-order valence-electron chi connectivity index (χ3n) is 4.29. The van der Waals surface area contributed by atoms with Gasteiger partial charge in [-0.3, -0.25) is 0 Å². The number of aromatic nitrogens is 1. The van der Waals surface area contributed by atoms with Crippen LogP contribution in [0.1, 0.15) is 49.1 Å². The molecule has 0 amide bonds. The smallest absolute Gasteiger partial charge is 0.216 e. The number of hydrogen-bond donors (Lipinski definition) is 1. The lowest BCUT2D eigenvalue weighted by molar-refractivity contribution is 0.265. The first-order valence-electron chi connectivity index (χ1n) is 9.31. The Bertz CT molecular complexity index is 694. The van der Waals surface area contributed by atoms with Gasteiger partial charge in [-0.25, -0.2) is 4.99 Å². The van der Waals surface area contributed by atoms with Gasteiger partial charge in [-0.2, -0.15) is 0 Å². The van der Waals surface area contributed by atoms with E-state index in [1.165, 1.54) is 6.42 Å². The SMILES string of the molecule is OCc1cc(CCCCCCCOc2ccc(C3=NCCO3)cc2)on1. The average Bonchev–Trinajstić information content (AvgIpc) is 3.36. The maximum atomic E-state index is 8.94. The molecule has 0 aliphatic carbocycles. The van der Waals surface area contributed by atoms with Gasteiger partial charge in [-0.1, -0.05) is 24.4 Å². The fraction of sp³-hybridized carbons (Fsp3) is 0.500. The van der Waals surface area contributed by atoms with E-state index < -0.39 is 0 Å². The second kappa shape index (κ2) is 9.97. The summed E-state index contributed by atoms with van der Waals surface area (Å²) < 4.78 is 16.4. The summed E-state index contributed by atoms with van der Waals surface area (Å²) in [6.07, 6.45) is 6.50. The highest BCUT2D eigenvalue weighted by atomic mass is 16.5. The summed E-state index contributed by atoms with van der Waals surface area (Å²) in [5.41, 5.74) is 1.61. The summed E-state index contributed by atoms with van der Waals surface area (Å²) >= 11 is 0. The van der Waals surface area contributed by atoms with Crippen LogP contribution in [0.15, 0.2) is 39.8 Å². The number of aryl methyl sites for hydroxylation is 1. The second-order valence-corrected chi connectivity index (χ2v) is 6.37. The summed E-state index contributed by atoms with van der Waals surface area (Å²) in [5, 5.41) is 12.7. The van der Waals surface area contributed by atoms with Crippen molar-refractivity contribution in [3.8, 4) is 5.75 Å². The lowest BCUT2D eigenvalue weighted by Gasteiger charge is -2.07. The monoisotopic (exact) mass is 358 g/mol. The Hall–Kier alpha value is -2.34. The van der Waals surface area contributed by atoms with Crippen LogP contribution in [0.2, 0.25) is 0 Å². The number of unbranched alkanes of at least 4 members (excludes halogenated alkanes) is 4. The number of ether oxygens (including phenoxy) is 2. The maximum Gasteiger partial charge on any atom is 0.216 e. The zero-order valence-corrected chi connectivity index (χ0v) is 15.0. The first-order chi connectivity index (χ1) is 12.8. The van der Waals surface area contributed by atoms with E-state index in [9.17, 15) is 0 Å². The molecule has 0 bridgehead atoms. The molecule has 3 rings (SSSR count). The molecule has 1 aliphatic rings. The van der Waals surface area contributed by atoms with E-state index in [4.69, 9.17) is 19.1 Å². The molecule has 1 aliphatic heterocycles. The molecule has 6 heteroatoms. The standard InChI is InChI=1S/C20H26N2O4/c23-15-17-14-19(26-22-17)6-4-2-1-3-5-12-24-18-9-7-16(8-10-18)20-21-11-13-25-20/h7-10,14,23H,1-6,11-13,15H2. The Morgan fingerprint density at radius 2 is 1.85 bits per heavy atom. The molecule has 1 N–H and O–H groups in total. The van der Waals surface area contributed by atoms with Gasteiger partial charge >= 0.3 is 0 Å². The number of benzene rings is 1. The Balaban J connectivity index is 1.23. The highest BCUT2D eigenvalue weighted by molar-refractivity contribution is 5.94. The Kier molecular flexibility index (Phi) is 7.07. The second-order valence-electron chi connectivity index (χ2n) is 6.37. The van der Waals surface area contributed by atoms with Crippen molar-refractivity contribution in [2.24, 2.45) is 4.99 Å². The van der Waals surface area contributed by atoms with Gasteiger partial charge in [0.2, 0.25) is 5.90 Å². The third-order valence-corrected chi connectivity index (χ3v) is 4.29. The first-order valence-corrected chi connectivity index (χ1v) is 9.31. The first kappa shape index (κ1) is 18.5. The molecule has 6 nitrogen and oxygen atoms in total. The summed E-state index contributed by atoms with van der Waals surface area (Å²) in [5.74, 6) is 2.47. The average molecular weight is 358 g/mol. The third kappa shape index (κ3) is 5.59. The summed E-state index contributed by atoms with van der Waals surface area (Å²) in [6, 6.07) is 9.75. The maximum absolute atomic E-state index is 8.94. The van der Waals surface area contributed by atoms with Crippen LogP contribution >= 0.6 is 0 Å². The normalized spacial score (nSPS) is 13.5. The van der Waals surface area contributed by atoms with Crippen LogP contribution < -0.4 is 4.74 Å². The highest BCUT2D eigenvalue weighted by Crippen LogP contribution is 2.16. The van der Waals surface area contributed by atoms with Crippen LogP contribution in [0.3, 0.4) is 0 Å². The molecular weight excluding hydrogens is 332 g/mol. The van der Waals surface area contributed by atoms with Crippen LogP contribution in [-0.4, -0.2) is 35.9 Å². The number of aliphatic imine (C=N–C) groups is 1. The number of hydrogen-bond acceptors (Lipinski definition) is 6. The molecule has 0 spiro atoms. The molecule has 0 radical (unpaired) electrons. The summed E-state index contributed by atoms with van der Waals surface area (Å²) in [7, 11) is 0. The van der Waals surface area contributed by atoms with Crippen molar-refractivity contribution < 1.29 is 19.1 Å². The predicted octanol–water partition coefficient (Wildman–Crippen LogP) is 3.52. The lowest BCUT2D eigenvalue weighted by Crippen LogP contribution is -2.01. The van der Waals surface area contributed by atoms with Crippen molar-refractivity contribution in [1.82, 2.24) is 5.16 Å². The minimum atomic E-state index is -0.0608. The van der Waals surface area contributed by atoms with Crippen molar-refractivity contribution in [1.29, 1.82) is 0 Å². The molecule has 140 valence electrons. The zero-order chi connectivity index (χ0) is 18.0. The predicted molar refractivity (Wildman–Crippen MR) is 98.5 cm³/mol. The Morgan fingerprint density at radius 1 is 1.04 bits per heavy atom. The fourth-order valence-electron chi connectivity index (χ4n) is 2.87. The molecule has 0 saturated carbocycles. The molecule has 1 aromatic carbocycles. The van der Waals surface area contributed by atoms with E-state index in [1.807, 2.05) is 30.3 Å². The van der Waals surface area contributed by atoms with Crippen LogP contribution in [-0.2, 0) is 17.8 Å². The highest BCUT2D eigenvalue weighted by Gasteiger charge is 2.09. The quantitative estimate of drug-likeness (QED) is 0.622. The van der Waals surface area contributed by atoms with Gasteiger partial charge < -0.3 is 19.1 Å². The number of nitrogens with zero attached hydrogens (tertiary/aromatic N) is 2. The van der Waals surface area contributed by atoms with Gasteiger partial charge in [0.15, 0.2) is 0 Å². The van der Waals surface area contributed by atoms with Gasteiger partial charge in [0.05, 0.1) is 19.8 Å². The topological polar surface area (TPSA) is 77.1 Å². The number of aliphatic hydroxyl groups excluding tert-OH is 1. The largest absolute Gasteiger partial charge is 0.494 e. The zero-order valence-electron chi connectivity index (χ0n) is 15.0.